The van der Waals surface area contributed by atoms with Gasteiger partial charge in [-0.1, -0.05) is 6.58 Å². The van der Waals surface area contributed by atoms with Gasteiger partial charge in [-0.15, -0.1) is 0 Å². The highest BCUT2D eigenvalue weighted by Crippen LogP contribution is 2.16. The van der Waals surface area contributed by atoms with Gasteiger partial charge in [-0.2, -0.15) is 0 Å². The fraction of sp³-hybridized carbons (Fsp3) is 0. The number of rotatable bonds is 3. The van der Waals surface area contributed by atoms with Crippen molar-refractivity contribution < 1.29 is 0 Å². The quantitative estimate of drug-likeness (QED) is 0.411. The maximum absolute atomic E-state index is 5.37. The summed E-state index contributed by atoms with van der Waals surface area (Å²) in [5.74, 6) is 0.425. The molecule has 1 aromatic rings. The number of nitrogens with two attached hydrogens (primary N) is 3. The van der Waals surface area contributed by atoms with Crippen molar-refractivity contribution in [2.24, 2.45) is 22.2 Å². The van der Waals surface area contributed by atoms with Crippen LogP contribution in [0.5, 0.6) is 0 Å². The monoisotopic (exact) mass is 191 g/mol. The second kappa shape index (κ2) is 4.18. The molecule has 0 aliphatic carbocycles. The standard InChI is InChI=1S/C9H13N5/c1-6(10)13-7-2-4-8(5-3-7)14-9(11)12/h2-5,13H,1,10H2,(H4,11,12,14). The number of aliphatic imine (C=N–C) groups is 1. The third kappa shape index (κ3) is 3.06. The molecule has 0 heterocycles. The van der Waals surface area contributed by atoms with E-state index < -0.39 is 0 Å². The predicted octanol–water partition coefficient (Wildman–Crippen LogP) is 0.433. The van der Waals surface area contributed by atoms with Crippen molar-refractivity contribution >= 4 is 17.3 Å². The molecule has 1 aromatic carbocycles. The summed E-state index contributed by atoms with van der Waals surface area (Å²) in [6.07, 6.45) is 0. The Balaban J connectivity index is 2.78. The molecular weight excluding hydrogens is 178 g/mol. The number of guanidine groups is 1. The topological polar surface area (TPSA) is 102 Å². The van der Waals surface area contributed by atoms with E-state index in [1.165, 1.54) is 0 Å². The summed E-state index contributed by atoms with van der Waals surface area (Å²) in [7, 11) is 0. The molecular formula is C9H13N5. The molecule has 0 atom stereocenters. The minimum Gasteiger partial charge on any atom is -0.386 e. The van der Waals surface area contributed by atoms with Crippen LogP contribution in [0.25, 0.3) is 0 Å². The first-order valence-electron chi connectivity index (χ1n) is 3.99. The summed E-state index contributed by atoms with van der Waals surface area (Å²) in [4.78, 5) is 3.87. The summed E-state index contributed by atoms with van der Waals surface area (Å²) in [5.41, 5.74) is 17.3. The predicted molar refractivity (Wildman–Crippen MR) is 58.9 cm³/mol. The van der Waals surface area contributed by atoms with Crippen LogP contribution in [0.3, 0.4) is 0 Å². The van der Waals surface area contributed by atoms with E-state index in [0.717, 1.165) is 5.69 Å². The van der Waals surface area contributed by atoms with E-state index in [0.29, 0.717) is 11.5 Å². The van der Waals surface area contributed by atoms with Crippen LogP contribution >= 0.6 is 0 Å². The third-order valence-electron chi connectivity index (χ3n) is 1.43. The maximum atomic E-state index is 5.37. The summed E-state index contributed by atoms with van der Waals surface area (Å²) in [6.45, 7) is 3.52. The van der Waals surface area contributed by atoms with Crippen LogP contribution in [-0.4, -0.2) is 5.96 Å². The zero-order valence-corrected chi connectivity index (χ0v) is 7.70. The van der Waals surface area contributed by atoms with Gasteiger partial charge in [-0.3, -0.25) is 0 Å². The van der Waals surface area contributed by atoms with Crippen molar-refractivity contribution in [1.82, 2.24) is 0 Å². The molecule has 0 unspecified atom stereocenters. The lowest BCUT2D eigenvalue weighted by molar-refractivity contribution is 1.33. The Morgan fingerprint density at radius 3 is 2.14 bits per heavy atom. The number of hydrogen-bond acceptors (Lipinski definition) is 3. The van der Waals surface area contributed by atoms with Crippen LogP contribution < -0.4 is 22.5 Å². The maximum Gasteiger partial charge on any atom is 0.191 e. The Morgan fingerprint density at radius 2 is 1.71 bits per heavy atom. The summed E-state index contributed by atoms with van der Waals surface area (Å²) >= 11 is 0. The first kappa shape index (κ1) is 9.91. The molecule has 0 saturated carbocycles. The van der Waals surface area contributed by atoms with Gasteiger partial charge in [0.1, 0.15) is 0 Å². The average Bonchev–Trinajstić information content (AvgIpc) is 2.06. The minimum absolute atomic E-state index is 0.0361. The molecule has 0 fully saturated rings. The highest BCUT2D eigenvalue weighted by atomic mass is 15.0. The Bertz CT molecular complexity index is 348. The van der Waals surface area contributed by atoms with Crippen molar-refractivity contribution in [2.75, 3.05) is 5.32 Å². The van der Waals surface area contributed by atoms with Crippen LogP contribution in [0.15, 0.2) is 41.7 Å². The Labute approximate surface area is 82.3 Å². The average molecular weight is 191 g/mol. The lowest BCUT2D eigenvalue weighted by Crippen LogP contribution is -2.21. The third-order valence-corrected chi connectivity index (χ3v) is 1.43. The highest BCUT2D eigenvalue weighted by molar-refractivity contribution is 5.79. The second-order valence-corrected chi connectivity index (χ2v) is 2.73. The number of nitrogens with one attached hydrogen (secondary N) is 1. The fourth-order valence-corrected chi connectivity index (χ4v) is 0.954. The van der Waals surface area contributed by atoms with Crippen molar-refractivity contribution in [3.05, 3.63) is 36.7 Å². The second-order valence-electron chi connectivity index (χ2n) is 2.73. The molecule has 5 heteroatoms. The Kier molecular flexibility index (Phi) is 2.96. The first-order chi connectivity index (χ1) is 6.58. The van der Waals surface area contributed by atoms with Crippen molar-refractivity contribution in [1.29, 1.82) is 0 Å². The molecule has 0 aromatic heterocycles. The lowest BCUT2D eigenvalue weighted by Gasteiger charge is -2.04. The highest BCUT2D eigenvalue weighted by Gasteiger charge is 1.92. The van der Waals surface area contributed by atoms with Gasteiger partial charge in [-0.25, -0.2) is 4.99 Å². The van der Waals surface area contributed by atoms with Crippen molar-refractivity contribution in [3.63, 3.8) is 0 Å². The Hall–Kier alpha value is -2.17. The van der Waals surface area contributed by atoms with E-state index in [4.69, 9.17) is 17.2 Å². The molecule has 0 aliphatic heterocycles. The van der Waals surface area contributed by atoms with Gasteiger partial charge < -0.3 is 22.5 Å². The molecule has 5 nitrogen and oxygen atoms in total. The van der Waals surface area contributed by atoms with Gasteiger partial charge in [0.2, 0.25) is 0 Å². The normalized spacial score (nSPS) is 9.14. The van der Waals surface area contributed by atoms with Gasteiger partial charge in [0, 0.05) is 5.69 Å². The molecule has 0 saturated heterocycles. The van der Waals surface area contributed by atoms with Gasteiger partial charge >= 0.3 is 0 Å². The zero-order chi connectivity index (χ0) is 10.6. The molecule has 74 valence electrons. The van der Waals surface area contributed by atoms with Crippen LogP contribution in [0, 0.1) is 0 Å². The van der Waals surface area contributed by atoms with E-state index in [1.54, 1.807) is 24.3 Å². The number of hydrogen-bond donors (Lipinski definition) is 4. The van der Waals surface area contributed by atoms with E-state index in [-0.39, 0.29) is 5.96 Å². The fourth-order valence-electron chi connectivity index (χ4n) is 0.954. The molecule has 0 bridgehead atoms. The van der Waals surface area contributed by atoms with Crippen LogP contribution in [-0.2, 0) is 0 Å². The summed E-state index contributed by atoms with van der Waals surface area (Å²) in [6, 6.07) is 7.15. The molecule has 0 spiro atoms. The van der Waals surface area contributed by atoms with E-state index in [2.05, 4.69) is 16.9 Å². The van der Waals surface area contributed by atoms with Crippen molar-refractivity contribution in [2.45, 2.75) is 0 Å². The largest absolute Gasteiger partial charge is 0.386 e. The van der Waals surface area contributed by atoms with E-state index in [1.807, 2.05) is 0 Å². The number of anilines is 1. The van der Waals surface area contributed by atoms with Gasteiger partial charge in [0.05, 0.1) is 11.5 Å². The zero-order valence-electron chi connectivity index (χ0n) is 7.70. The van der Waals surface area contributed by atoms with Crippen LogP contribution in [0.4, 0.5) is 11.4 Å². The van der Waals surface area contributed by atoms with Crippen molar-refractivity contribution in [3.8, 4) is 0 Å². The van der Waals surface area contributed by atoms with Crippen LogP contribution in [0.1, 0.15) is 0 Å². The minimum atomic E-state index is 0.0361. The van der Waals surface area contributed by atoms with E-state index in [9.17, 15) is 0 Å². The van der Waals surface area contributed by atoms with Gasteiger partial charge in [0.25, 0.3) is 0 Å². The molecule has 7 N–H and O–H groups in total. The first-order valence-corrected chi connectivity index (χ1v) is 3.99. The Morgan fingerprint density at radius 1 is 1.14 bits per heavy atom. The van der Waals surface area contributed by atoms with Gasteiger partial charge in [-0.05, 0) is 24.3 Å². The van der Waals surface area contributed by atoms with E-state index >= 15 is 0 Å². The summed E-state index contributed by atoms with van der Waals surface area (Å²) in [5, 5.41) is 2.86. The molecule has 14 heavy (non-hydrogen) atoms. The molecule has 0 amide bonds. The smallest absolute Gasteiger partial charge is 0.191 e. The number of nitrogens with zero attached hydrogens (tertiary/aromatic N) is 1. The molecule has 0 radical (unpaired) electrons. The molecule has 1 rings (SSSR count). The molecule has 0 aliphatic rings. The van der Waals surface area contributed by atoms with Gasteiger partial charge in [0.15, 0.2) is 5.96 Å². The SMILES string of the molecule is C=C(N)Nc1ccc(N=C(N)N)cc1. The summed E-state index contributed by atoms with van der Waals surface area (Å²) < 4.78 is 0. The van der Waals surface area contributed by atoms with Crippen LogP contribution in [0.2, 0.25) is 0 Å². The lowest BCUT2D eigenvalue weighted by atomic mass is 10.3. The number of benzene rings is 1.